The maximum absolute atomic E-state index is 14.4. The summed E-state index contributed by atoms with van der Waals surface area (Å²) in [5.41, 5.74) is 0.465. The van der Waals surface area contributed by atoms with E-state index in [2.05, 4.69) is 4.98 Å². The number of rotatable bonds is 5. The number of benzene rings is 1. The number of ether oxygens (including phenoxy) is 2. The molecule has 0 unspecified atom stereocenters. The fourth-order valence-corrected chi connectivity index (χ4v) is 4.24. The standard InChI is InChI=1S/C23H21F3N4O4/c1-14-12-29(13-27-14)16-3-4-17-21(31)28(7-8-30(17)22(16)32)9-11-33-18-5-2-15(24)20-19(18)23(25,26)6-10-34-20/h2-5,12-13H,6-11H2,1H3. The van der Waals surface area contributed by atoms with Crippen molar-refractivity contribution >= 4 is 5.91 Å². The number of hydrogen-bond donors (Lipinski definition) is 0. The Balaban J connectivity index is 1.31. The van der Waals surface area contributed by atoms with Gasteiger partial charge in [0, 0.05) is 19.3 Å². The van der Waals surface area contributed by atoms with Crippen molar-refractivity contribution in [3.63, 3.8) is 0 Å². The van der Waals surface area contributed by atoms with E-state index >= 15 is 0 Å². The van der Waals surface area contributed by atoms with Gasteiger partial charge in [-0.3, -0.25) is 9.59 Å². The predicted molar refractivity (Wildman–Crippen MR) is 114 cm³/mol. The van der Waals surface area contributed by atoms with Gasteiger partial charge in [0.15, 0.2) is 11.6 Å². The van der Waals surface area contributed by atoms with Gasteiger partial charge in [0.1, 0.15) is 29.3 Å². The van der Waals surface area contributed by atoms with Crippen LogP contribution in [-0.4, -0.2) is 51.2 Å². The molecule has 0 bridgehead atoms. The largest absolute Gasteiger partial charge is 0.491 e. The number of carbonyl (C=O) groups is 1. The van der Waals surface area contributed by atoms with Crippen molar-refractivity contribution in [3.05, 3.63) is 69.9 Å². The van der Waals surface area contributed by atoms with E-state index in [4.69, 9.17) is 9.47 Å². The number of aryl methyl sites for hydroxylation is 1. The molecule has 5 rings (SSSR count). The Kier molecular flexibility index (Phi) is 5.34. The Morgan fingerprint density at radius 2 is 2.00 bits per heavy atom. The molecule has 0 fully saturated rings. The number of nitrogens with zero attached hydrogens (tertiary/aromatic N) is 4. The lowest BCUT2D eigenvalue weighted by atomic mass is 10.0. The van der Waals surface area contributed by atoms with Crippen molar-refractivity contribution in [1.29, 1.82) is 0 Å². The molecule has 0 saturated carbocycles. The van der Waals surface area contributed by atoms with E-state index in [1.165, 1.54) is 15.8 Å². The minimum atomic E-state index is -3.28. The number of alkyl halides is 2. The zero-order valence-corrected chi connectivity index (χ0v) is 18.3. The maximum Gasteiger partial charge on any atom is 0.283 e. The topological polar surface area (TPSA) is 78.6 Å². The smallest absolute Gasteiger partial charge is 0.283 e. The van der Waals surface area contributed by atoms with Crippen molar-refractivity contribution in [2.24, 2.45) is 0 Å². The van der Waals surface area contributed by atoms with E-state index in [-0.39, 0.29) is 55.8 Å². The van der Waals surface area contributed by atoms with Gasteiger partial charge in [-0.2, -0.15) is 0 Å². The number of amides is 1. The summed E-state index contributed by atoms with van der Waals surface area (Å²) in [6, 6.07) is 5.31. The lowest BCUT2D eigenvalue weighted by Gasteiger charge is -2.30. The third-order valence-corrected chi connectivity index (χ3v) is 5.96. The number of imidazole rings is 1. The van der Waals surface area contributed by atoms with Crippen molar-refractivity contribution < 1.29 is 27.4 Å². The van der Waals surface area contributed by atoms with E-state index in [1.807, 2.05) is 6.92 Å². The van der Waals surface area contributed by atoms with Gasteiger partial charge in [-0.15, -0.1) is 0 Å². The van der Waals surface area contributed by atoms with E-state index in [9.17, 15) is 22.8 Å². The summed E-state index contributed by atoms with van der Waals surface area (Å²) in [5, 5.41) is 0. The fraction of sp³-hybridized carbons (Fsp3) is 0.348. The Morgan fingerprint density at radius 3 is 2.76 bits per heavy atom. The van der Waals surface area contributed by atoms with Crippen LogP contribution in [-0.2, 0) is 12.5 Å². The van der Waals surface area contributed by atoms with Crippen LogP contribution in [0.25, 0.3) is 5.69 Å². The zero-order chi connectivity index (χ0) is 24.0. The molecule has 4 heterocycles. The van der Waals surface area contributed by atoms with Crippen LogP contribution in [0.5, 0.6) is 11.5 Å². The second kappa shape index (κ2) is 8.23. The lowest BCUT2D eigenvalue weighted by Crippen LogP contribution is -2.46. The summed E-state index contributed by atoms with van der Waals surface area (Å²) in [5.74, 6) is -5.20. The van der Waals surface area contributed by atoms with Gasteiger partial charge in [0.2, 0.25) is 0 Å². The molecule has 8 nitrogen and oxygen atoms in total. The molecule has 1 aromatic carbocycles. The van der Waals surface area contributed by atoms with E-state index < -0.39 is 29.5 Å². The van der Waals surface area contributed by atoms with Gasteiger partial charge >= 0.3 is 0 Å². The van der Waals surface area contributed by atoms with E-state index in [0.29, 0.717) is 5.69 Å². The highest BCUT2D eigenvalue weighted by atomic mass is 19.3. The highest BCUT2D eigenvalue weighted by Crippen LogP contribution is 2.47. The first-order valence-electron chi connectivity index (χ1n) is 10.8. The highest BCUT2D eigenvalue weighted by Gasteiger charge is 2.42. The Bertz CT molecular complexity index is 1330. The minimum absolute atomic E-state index is 0.0868. The second-order valence-corrected chi connectivity index (χ2v) is 8.18. The van der Waals surface area contributed by atoms with Crippen LogP contribution >= 0.6 is 0 Å². The van der Waals surface area contributed by atoms with Crippen LogP contribution in [0.1, 0.15) is 28.2 Å². The Labute approximate surface area is 192 Å². The van der Waals surface area contributed by atoms with Gasteiger partial charge in [0.25, 0.3) is 17.4 Å². The van der Waals surface area contributed by atoms with E-state index in [0.717, 1.165) is 17.8 Å². The van der Waals surface area contributed by atoms with Crippen molar-refractivity contribution in [1.82, 2.24) is 19.0 Å². The first kappa shape index (κ1) is 22.1. The molecule has 178 valence electrons. The molecule has 0 N–H and O–H groups in total. The van der Waals surface area contributed by atoms with Gasteiger partial charge in [-0.25, -0.2) is 18.2 Å². The quantitative estimate of drug-likeness (QED) is 0.568. The third kappa shape index (κ3) is 3.70. The van der Waals surface area contributed by atoms with E-state index in [1.54, 1.807) is 22.9 Å². The summed E-state index contributed by atoms with van der Waals surface area (Å²) in [7, 11) is 0. The number of pyridine rings is 1. The van der Waals surface area contributed by atoms with Crippen LogP contribution in [0.15, 0.2) is 41.6 Å². The second-order valence-electron chi connectivity index (χ2n) is 8.18. The summed E-state index contributed by atoms with van der Waals surface area (Å²) in [4.78, 5) is 31.5. The summed E-state index contributed by atoms with van der Waals surface area (Å²) < 4.78 is 56.5. The molecule has 0 atom stereocenters. The maximum atomic E-state index is 14.4. The average Bonchev–Trinajstić information content (AvgIpc) is 3.23. The molecule has 2 aliphatic rings. The Morgan fingerprint density at radius 1 is 1.18 bits per heavy atom. The molecular formula is C23H21F3N4O4. The Hall–Kier alpha value is -3.76. The number of carbonyl (C=O) groups excluding carboxylic acids is 1. The molecule has 11 heteroatoms. The molecular weight excluding hydrogens is 453 g/mol. The molecule has 3 aromatic rings. The summed E-state index contributed by atoms with van der Waals surface area (Å²) >= 11 is 0. The van der Waals surface area contributed by atoms with Gasteiger partial charge in [-0.1, -0.05) is 0 Å². The first-order valence-corrected chi connectivity index (χ1v) is 10.8. The predicted octanol–water partition coefficient (Wildman–Crippen LogP) is 2.89. The van der Waals surface area contributed by atoms with Gasteiger partial charge in [0.05, 0.1) is 31.6 Å². The number of aromatic nitrogens is 3. The number of halogens is 3. The monoisotopic (exact) mass is 474 g/mol. The van der Waals surface area contributed by atoms with Crippen molar-refractivity contribution in [2.45, 2.75) is 25.8 Å². The molecule has 2 aliphatic heterocycles. The molecule has 2 aromatic heterocycles. The highest BCUT2D eigenvalue weighted by molar-refractivity contribution is 5.93. The lowest BCUT2D eigenvalue weighted by molar-refractivity contribution is -0.0442. The van der Waals surface area contributed by atoms with Crippen LogP contribution in [0.3, 0.4) is 0 Å². The average molecular weight is 474 g/mol. The van der Waals surface area contributed by atoms with Gasteiger partial charge in [-0.05, 0) is 31.2 Å². The first-order chi connectivity index (χ1) is 16.3. The van der Waals surface area contributed by atoms with Crippen LogP contribution in [0, 0.1) is 12.7 Å². The third-order valence-electron chi connectivity index (χ3n) is 5.96. The van der Waals surface area contributed by atoms with Crippen LogP contribution < -0.4 is 15.0 Å². The van der Waals surface area contributed by atoms with Crippen LogP contribution in [0.4, 0.5) is 13.2 Å². The van der Waals surface area contributed by atoms with Crippen LogP contribution in [0.2, 0.25) is 0 Å². The molecule has 0 spiro atoms. The molecule has 1 amide bonds. The molecule has 0 saturated heterocycles. The molecule has 0 radical (unpaired) electrons. The SMILES string of the molecule is Cc1cn(-c2ccc3n(c2=O)CCN(CCOc2ccc(F)c4c2C(F)(F)CCO4)C3=O)cn1. The van der Waals surface area contributed by atoms with Crippen molar-refractivity contribution in [2.75, 3.05) is 26.3 Å². The summed E-state index contributed by atoms with van der Waals surface area (Å²) in [6.07, 6.45) is 2.69. The molecule has 34 heavy (non-hydrogen) atoms. The summed E-state index contributed by atoms with van der Waals surface area (Å²) in [6.45, 7) is 2.07. The normalized spacial score (nSPS) is 16.6. The minimum Gasteiger partial charge on any atom is -0.491 e. The number of hydrogen-bond acceptors (Lipinski definition) is 5. The van der Waals surface area contributed by atoms with Crippen molar-refractivity contribution in [3.8, 4) is 17.2 Å². The fourth-order valence-electron chi connectivity index (χ4n) is 4.24. The van der Waals surface area contributed by atoms with Gasteiger partial charge < -0.3 is 23.5 Å². The zero-order valence-electron chi connectivity index (χ0n) is 18.3. The molecule has 0 aliphatic carbocycles. The number of fused-ring (bicyclic) bond motifs is 2.